The molecule has 0 unspecified atom stereocenters. The fourth-order valence-electron chi connectivity index (χ4n) is 1.37. The predicted molar refractivity (Wildman–Crippen MR) is 56.7 cm³/mol. The Labute approximate surface area is 83.8 Å². The summed E-state index contributed by atoms with van der Waals surface area (Å²) < 4.78 is 0. The number of rotatable bonds is 3. The summed E-state index contributed by atoms with van der Waals surface area (Å²) in [6.07, 6.45) is 2.00. The first kappa shape index (κ1) is 10.1. The maximum absolute atomic E-state index is 8.67. The minimum absolute atomic E-state index is 0.998. The molecule has 0 aromatic heterocycles. The van der Waals surface area contributed by atoms with E-state index in [1.807, 2.05) is 0 Å². The van der Waals surface area contributed by atoms with Crippen molar-refractivity contribution in [2.45, 2.75) is 31.6 Å². The highest BCUT2D eigenvalue weighted by atomic mass is 32.2. The second kappa shape index (κ2) is 4.94. The molecule has 13 heavy (non-hydrogen) atoms. The van der Waals surface area contributed by atoms with Gasteiger partial charge in [-0.1, -0.05) is 32.0 Å². The van der Waals surface area contributed by atoms with Gasteiger partial charge in [-0.15, -0.1) is 0 Å². The van der Waals surface area contributed by atoms with Crippen molar-refractivity contribution in [2.75, 3.05) is 0 Å². The Morgan fingerprint density at radius 3 is 2.15 bits per heavy atom. The van der Waals surface area contributed by atoms with E-state index in [9.17, 15) is 0 Å². The Bertz CT molecular complexity index is 303. The molecule has 0 bridgehead atoms. The van der Waals surface area contributed by atoms with E-state index in [4.69, 9.17) is 5.26 Å². The van der Waals surface area contributed by atoms with Crippen LogP contribution in [-0.4, -0.2) is 0 Å². The van der Waals surface area contributed by atoms with Gasteiger partial charge in [0.25, 0.3) is 0 Å². The Morgan fingerprint density at radius 2 is 1.77 bits per heavy atom. The number of nitrogens with zero attached hydrogens (tertiary/aromatic N) is 1. The van der Waals surface area contributed by atoms with Crippen molar-refractivity contribution >= 4 is 11.8 Å². The first-order valence-electron chi connectivity index (χ1n) is 4.50. The fourth-order valence-corrected chi connectivity index (χ4v) is 2.15. The lowest BCUT2D eigenvalue weighted by atomic mass is 10.1. The molecule has 0 heterocycles. The van der Waals surface area contributed by atoms with Crippen LogP contribution in [0.2, 0.25) is 0 Å². The van der Waals surface area contributed by atoms with E-state index in [1.165, 1.54) is 22.9 Å². The largest absolute Gasteiger partial charge is 0.185 e. The number of thioether (sulfide) groups is 1. The number of thiocyanates is 1. The van der Waals surface area contributed by atoms with Crippen molar-refractivity contribution in [3.63, 3.8) is 0 Å². The zero-order valence-corrected chi connectivity index (χ0v) is 8.82. The summed E-state index contributed by atoms with van der Waals surface area (Å²) in [7, 11) is 0. The molecule has 0 N–H and O–H groups in total. The molecule has 1 aromatic carbocycles. The summed E-state index contributed by atoms with van der Waals surface area (Å²) in [6, 6.07) is 6.26. The van der Waals surface area contributed by atoms with Crippen LogP contribution in [0.15, 0.2) is 23.1 Å². The average molecular weight is 191 g/mol. The van der Waals surface area contributed by atoms with Crippen LogP contribution in [0.3, 0.4) is 0 Å². The fraction of sp³-hybridized carbons (Fsp3) is 0.364. The van der Waals surface area contributed by atoms with Gasteiger partial charge in [0.2, 0.25) is 0 Å². The SMILES string of the molecule is CCc1cccc(CC)c1SC#N. The molecule has 0 amide bonds. The van der Waals surface area contributed by atoms with Crippen molar-refractivity contribution < 1.29 is 0 Å². The highest BCUT2D eigenvalue weighted by Gasteiger charge is 2.05. The summed E-state index contributed by atoms with van der Waals surface area (Å²) in [6.45, 7) is 4.24. The van der Waals surface area contributed by atoms with Crippen LogP contribution in [0.4, 0.5) is 0 Å². The van der Waals surface area contributed by atoms with Crippen LogP contribution in [0.25, 0.3) is 0 Å². The summed E-state index contributed by atoms with van der Waals surface area (Å²) in [5.74, 6) is 0. The van der Waals surface area contributed by atoms with E-state index in [0.717, 1.165) is 17.7 Å². The van der Waals surface area contributed by atoms with Gasteiger partial charge in [0, 0.05) is 4.90 Å². The van der Waals surface area contributed by atoms with Gasteiger partial charge in [-0.05, 0) is 35.7 Å². The van der Waals surface area contributed by atoms with Gasteiger partial charge in [0.1, 0.15) is 5.40 Å². The van der Waals surface area contributed by atoms with Crippen LogP contribution >= 0.6 is 11.8 Å². The average Bonchev–Trinajstić information content (AvgIpc) is 2.18. The first-order valence-corrected chi connectivity index (χ1v) is 5.31. The van der Waals surface area contributed by atoms with E-state index in [0.29, 0.717) is 0 Å². The quantitative estimate of drug-likeness (QED) is 0.540. The molecule has 0 atom stereocenters. The van der Waals surface area contributed by atoms with Crippen molar-refractivity contribution in [3.8, 4) is 5.40 Å². The van der Waals surface area contributed by atoms with Gasteiger partial charge in [-0.2, -0.15) is 5.26 Å². The summed E-state index contributed by atoms with van der Waals surface area (Å²) >= 11 is 1.28. The van der Waals surface area contributed by atoms with Crippen molar-refractivity contribution in [2.24, 2.45) is 0 Å². The number of hydrogen-bond acceptors (Lipinski definition) is 2. The monoisotopic (exact) mass is 191 g/mol. The third kappa shape index (κ3) is 2.26. The van der Waals surface area contributed by atoms with E-state index >= 15 is 0 Å². The number of hydrogen-bond donors (Lipinski definition) is 0. The Hall–Kier alpha value is -0.940. The third-order valence-corrected chi connectivity index (χ3v) is 2.91. The van der Waals surface area contributed by atoms with Crippen molar-refractivity contribution in [3.05, 3.63) is 29.3 Å². The Balaban J connectivity index is 3.14. The number of nitriles is 1. The predicted octanol–water partition coefficient (Wildman–Crippen LogP) is 3.38. The molecule has 0 aliphatic heterocycles. The lowest BCUT2D eigenvalue weighted by molar-refractivity contribution is 1.01. The second-order valence-corrected chi connectivity index (χ2v) is 3.60. The molecule has 0 aliphatic carbocycles. The summed E-state index contributed by atoms with van der Waals surface area (Å²) in [4.78, 5) is 1.16. The minimum Gasteiger partial charge on any atom is -0.185 e. The van der Waals surface area contributed by atoms with Crippen LogP contribution in [-0.2, 0) is 12.8 Å². The van der Waals surface area contributed by atoms with Gasteiger partial charge in [0.05, 0.1) is 0 Å². The smallest absolute Gasteiger partial charge is 0.138 e. The summed E-state index contributed by atoms with van der Waals surface area (Å²) in [5, 5.41) is 10.8. The maximum atomic E-state index is 8.67. The Kier molecular flexibility index (Phi) is 3.85. The molecule has 0 fully saturated rings. The molecule has 1 rings (SSSR count). The van der Waals surface area contributed by atoms with Crippen molar-refractivity contribution in [1.29, 1.82) is 5.26 Å². The van der Waals surface area contributed by atoms with Gasteiger partial charge in [0.15, 0.2) is 0 Å². The zero-order valence-electron chi connectivity index (χ0n) is 8.00. The van der Waals surface area contributed by atoms with Gasteiger partial charge >= 0.3 is 0 Å². The molecule has 0 spiro atoms. The van der Waals surface area contributed by atoms with E-state index in [2.05, 4.69) is 37.4 Å². The normalized spacial score (nSPS) is 9.62. The number of aryl methyl sites for hydroxylation is 2. The first-order chi connectivity index (χ1) is 6.33. The molecule has 1 aromatic rings. The lowest BCUT2D eigenvalue weighted by Crippen LogP contribution is -1.90. The van der Waals surface area contributed by atoms with Crippen LogP contribution < -0.4 is 0 Å². The van der Waals surface area contributed by atoms with E-state index in [1.54, 1.807) is 0 Å². The van der Waals surface area contributed by atoms with Crippen LogP contribution in [0, 0.1) is 10.7 Å². The molecule has 0 aliphatic rings. The topological polar surface area (TPSA) is 23.8 Å². The van der Waals surface area contributed by atoms with Crippen molar-refractivity contribution in [1.82, 2.24) is 0 Å². The van der Waals surface area contributed by atoms with Crippen LogP contribution in [0.1, 0.15) is 25.0 Å². The molecule has 0 saturated carbocycles. The maximum Gasteiger partial charge on any atom is 0.138 e. The zero-order chi connectivity index (χ0) is 9.68. The molecule has 0 radical (unpaired) electrons. The second-order valence-electron chi connectivity index (χ2n) is 2.81. The number of benzene rings is 1. The van der Waals surface area contributed by atoms with Gasteiger partial charge < -0.3 is 0 Å². The third-order valence-electron chi connectivity index (χ3n) is 2.09. The molecular formula is C11H13NS. The van der Waals surface area contributed by atoms with E-state index in [-0.39, 0.29) is 0 Å². The van der Waals surface area contributed by atoms with Gasteiger partial charge in [-0.25, -0.2) is 0 Å². The molecular weight excluding hydrogens is 178 g/mol. The lowest BCUT2D eigenvalue weighted by Gasteiger charge is -2.08. The minimum atomic E-state index is 0.998. The molecule has 1 nitrogen and oxygen atoms in total. The summed E-state index contributed by atoms with van der Waals surface area (Å²) in [5.41, 5.74) is 2.57. The van der Waals surface area contributed by atoms with Gasteiger partial charge in [-0.3, -0.25) is 0 Å². The Morgan fingerprint density at radius 1 is 1.23 bits per heavy atom. The highest BCUT2D eigenvalue weighted by Crippen LogP contribution is 2.26. The van der Waals surface area contributed by atoms with E-state index < -0.39 is 0 Å². The molecule has 0 saturated heterocycles. The van der Waals surface area contributed by atoms with Crippen LogP contribution in [0.5, 0.6) is 0 Å². The molecule has 68 valence electrons. The molecule has 2 heteroatoms. The standard InChI is InChI=1S/C11H13NS/c1-3-9-6-5-7-10(4-2)11(9)13-8-12/h5-7H,3-4H2,1-2H3. The highest BCUT2D eigenvalue weighted by molar-refractivity contribution is 8.03.